The first-order chi connectivity index (χ1) is 15.5. The van der Waals surface area contributed by atoms with Crippen molar-refractivity contribution in [1.29, 1.82) is 10.5 Å². The van der Waals surface area contributed by atoms with E-state index in [4.69, 9.17) is 22.0 Å². The summed E-state index contributed by atoms with van der Waals surface area (Å²) in [5.41, 5.74) is 17.2. The van der Waals surface area contributed by atoms with Gasteiger partial charge in [-0.05, 0) is 69.4 Å². The summed E-state index contributed by atoms with van der Waals surface area (Å²) in [6.07, 6.45) is 1.64. The van der Waals surface area contributed by atoms with Gasteiger partial charge >= 0.3 is 0 Å². The van der Waals surface area contributed by atoms with Crippen molar-refractivity contribution in [2.45, 2.75) is 25.7 Å². The van der Waals surface area contributed by atoms with Gasteiger partial charge in [-0.25, -0.2) is 4.98 Å². The fourth-order valence-electron chi connectivity index (χ4n) is 4.19. The highest BCUT2D eigenvalue weighted by Crippen LogP contribution is 2.33. The van der Waals surface area contributed by atoms with E-state index in [1.54, 1.807) is 12.1 Å². The van der Waals surface area contributed by atoms with Gasteiger partial charge in [0.15, 0.2) is 6.29 Å². The number of nitrogens with two attached hydrogens (primary N) is 2. The van der Waals surface area contributed by atoms with Crippen molar-refractivity contribution in [1.82, 2.24) is 14.5 Å². The first kappa shape index (κ1) is 21.4. The normalized spacial score (nSPS) is 14.9. The highest BCUT2D eigenvalue weighted by molar-refractivity contribution is 5.80. The van der Waals surface area contributed by atoms with Crippen molar-refractivity contribution in [2.24, 2.45) is 5.73 Å². The molecule has 1 aromatic heterocycles. The molecule has 0 radical (unpaired) electrons. The molecule has 0 spiro atoms. The molecule has 0 amide bonds. The molecule has 0 saturated carbocycles. The number of hydrogen-bond acceptors (Lipinski definition) is 8. The first-order valence-electron chi connectivity index (χ1n) is 10.7. The number of nitrogens with zero attached hydrogens (tertiary/aromatic N) is 6. The van der Waals surface area contributed by atoms with Gasteiger partial charge in [-0.2, -0.15) is 10.5 Å². The predicted octanol–water partition coefficient (Wildman–Crippen LogP) is 2.25. The van der Waals surface area contributed by atoms with Crippen LogP contribution in [0.5, 0.6) is 0 Å². The SMILES string of the molecule is CN(CCCN1c2ccc(C#N)cc2NC1N)CCCn1c(N)nc2cc(C#N)ccc21. The third-order valence-corrected chi connectivity index (χ3v) is 5.84. The molecule has 0 fully saturated rings. The standard InChI is InChI=1S/C23H27N9/c1-30(8-2-10-31-20-6-4-16(14-24)12-18(20)28-22(31)26)9-3-11-32-21-7-5-17(15-25)13-19(21)29-23(32)27/h4-7,12-13,22,28H,2-3,8-11,26H2,1H3,(H2,27,29). The number of anilines is 3. The summed E-state index contributed by atoms with van der Waals surface area (Å²) >= 11 is 0. The number of rotatable bonds is 8. The molecule has 4 rings (SSSR count). The summed E-state index contributed by atoms with van der Waals surface area (Å²) in [5, 5.41) is 21.4. The van der Waals surface area contributed by atoms with Crippen LogP contribution in [0.1, 0.15) is 24.0 Å². The van der Waals surface area contributed by atoms with Crippen LogP contribution in [0.25, 0.3) is 11.0 Å². The molecule has 0 aliphatic carbocycles. The lowest BCUT2D eigenvalue weighted by molar-refractivity contribution is 0.318. The fourth-order valence-corrected chi connectivity index (χ4v) is 4.19. The highest BCUT2D eigenvalue weighted by atomic mass is 15.4. The second-order valence-electron chi connectivity index (χ2n) is 8.07. The average molecular weight is 430 g/mol. The lowest BCUT2D eigenvalue weighted by Gasteiger charge is -2.25. The van der Waals surface area contributed by atoms with Crippen LogP contribution in [0.2, 0.25) is 0 Å². The van der Waals surface area contributed by atoms with Crippen molar-refractivity contribution >= 4 is 28.4 Å². The van der Waals surface area contributed by atoms with Gasteiger partial charge < -0.3 is 25.4 Å². The van der Waals surface area contributed by atoms with E-state index in [0.717, 1.165) is 61.4 Å². The Kier molecular flexibility index (Phi) is 6.13. The zero-order valence-electron chi connectivity index (χ0n) is 18.1. The molecular formula is C23H27N9. The topological polar surface area (TPSA) is 136 Å². The number of benzene rings is 2. The van der Waals surface area contributed by atoms with Gasteiger partial charge in [0, 0.05) is 13.1 Å². The second-order valence-corrected chi connectivity index (χ2v) is 8.07. The van der Waals surface area contributed by atoms with Gasteiger partial charge in [-0.3, -0.25) is 5.73 Å². The maximum absolute atomic E-state index is 9.07. The number of nitriles is 2. The summed E-state index contributed by atoms with van der Waals surface area (Å²) in [4.78, 5) is 8.82. The van der Waals surface area contributed by atoms with Gasteiger partial charge in [0.25, 0.3) is 0 Å². The molecule has 1 aliphatic rings. The molecule has 2 heterocycles. The van der Waals surface area contributed by atoms with Crippen LogP contribution < -0.4 is 21.7 Å². The van der Waals surface area contributed by atoms with Crippen molar-refractivity contribution in [3.8, 4) is 12.1 Å². The quantitative estimate of drug-likeness (QED) is 0.496. The fraction of sp³-hybridized carbons (Fsp3) is 0.348. The molecule has 1 atom stereocenters. The van der Waals surface area contributed by atoms with E-state index in [-0.39, 0.29) is 6.29 Å². The van der Waals surface area contributed by atoms with Gasteiger partial charge in [-0.1, -0.05) is 0 Å². The Morgan fingerprint density at radius 3 is 2.50 bits per heavy atom. The molecule has 164 valence electrons. The number of aryl methyl sites for hydroxylation is 1. The zero-order chi connectivity index (χ0) is 22.7. The number of nitrogen functional groups attached to an aromatic ring is 1. The summed E-state index contributed by atoms with van der Waals surface area (Å²) in [6, 6.07) is 15.4. The summed E-state index contributed by atoms with van der Waals surface area (Å²) in [5.74, 6) is 0.478. The molecule has 2 aromatic carbocycles. The van der Waals surface area contributed by atoms with E-state index >= 15 is 0 Å². The van der Waals surface area contributed by atoms with Crippen LogP contribution in [-0.2, 0) is 6.54 Å². The minimum absolute atomic E-state index is 0.275. The molecule has 9 nitrogen and oxygen atoms in total. The Balaban J connectivity index is 1.26. The molecule has 9 heteroatoms. The summed E-state index contributed by atoms with van der Waals surface area (Å²) in [6.45, 7) is 3.48. The van der Waals surface area contributed by atoms with E-state index in [1.807, 2.05) is 28.8 Å². The van der Waals surface area contributed by atoms with E-state index in [2.05, 4.69) is 39.3 Å². The van der Waals surface area contributed by atoms with Crippen LogP contribution in [0.15, 0.2) is 36.4 Å². The van der Waals surface area contributed by atoms with Crippen molar-refractivity contribution < 1.29 is 0 Å². The molecule has 0 saturated heterocycles. The van der Waals surface area contributed by atoms with Crippen LogP contribution in [0.3, 0.4) is 0 Å². The third-order valence-electron chi connectivity index (χ3n) is 5.84. The Hall–Kier alpha value is -3.79. The van der Waals surface area contributed by atoms with E-state index in [0.29, 0.717) is 17.1 Å². The van der Waals surface area contributed by atoms with Crippen molar-refractivity contribution in [3.05, 3.63) is 47.5 Å². The Morgan fingerprint density at radius 2 is 1.75 bits per heavy atom. The number of hydrogen-bond donors (Lipinski definition) is 3. The molecule has 32 heavy (non-hydrogen) atoms. The number of aromatic nitrogens is 2. The molecule has 5 N–H and O–H groups in total. The number of fused-ring (bicyclic) bond motifs is 2. The lowest BCUT2D eigenvalue weighted by Crippen LogP contribution is -2.44. The van der Waals surface area contributed by atoms with Gasteiger partial charge in [0.1, 0.15) is 0 Å². The van der Waals surface area contributed by atoms with Crippen LogP contribution in [-0.4, -0.2) is 47.4 Å². The maximum atomic E-state index is 9.07. The zero-order valence-corrected chi connectivity index (χ0v) is 18.1. The van der Waals surface area contributed by atoms with Crippen LogP contribution in [0, 0.1) is 22.7 Å². The Labute approximate surface area is 187 Å². The smallest absolute Gasteiger partial charge is 0.201 e. The summed E-state index contributed by atoms with van der Waals surface area (Å²) in [7, 11) is 2.11. The van der Waals surface area contributed by atoms with Crippen LogP contribution in [0.4, 0.5) is 17.3 Å². The second kappa shape index (κ2) is 9.15. The third kappa shape index (κ3) is 4.30. The van der Waals surface area contributed by atoms with Gasteiger partial charge in [-0.15, -0.1) is 0 Å². The van der Waals surface area contributed by atoms with E-state index in [9.17, 15) is 0 Å². The van der Waals surface area contributed by atoms with Gasteiger partial charge in [0.05, 0.1) is 45.7 Å². The predicted molar refractivity (Wildman–Crippen MR) is 126 cm³/mol. The first-order valence-corrected chi connectivity index (χ1v) is 10.7. The molecule has 0 bridgehead atoms. The minimum atomic E-state index is -0.275. The minimum Gasteiger partial charge on any atom is -0.369 e. The number of nitrogens with one attached hydrogen (secondary N) is 1. The number of imidazole rings is 1. The van der Waals surface area contributed by atoms with Gasteiger partial charge in [0.2, 0.25) is 5.95 Å². The lowest BCUT2D eigenvalue weighted by atomic mass is 10.2. The Morgan fingerprint density at radius 1 is 1.06 bits per heavy atom. The largest absolute Gasteiger partial charge is 0.369 e. The molecule has 1 unspecified atom stereocenters. The van der Waals surface area contributed by atoms with Crippen molar-refractivity contribution in [2.75, 3.05) is 42.6 Å². The monoisotopic (exact) mass is 429 g/mol. The summed E-state index contributed by atoms with van der Waals surface area (Å²) < 4.78 is 2.01. The highest BCUT2D eigenvalue weighted by Gasteiger charge is 2.25. The Bertz CT molecular complexity index is 1200. The average Bonchev–Trinajstić information content (AvgIpc) is 3.27. The maximum Gasteiger partial charge on any atom is 0.201 e. The molecule has 3 aromatic rings. The van der Waals surface area contributed by atoms with Crippen molar-refractivity contribution in [3.63, 3.8) is 0 Å². The molecular weight excluding hydrogens is 402 g/mol. The van der Waals surface area contributed by atoms with Crippen LogP contribution >= 0.6 is 0 Å². The van der Waals surface area contributed by atoms with E-state index in [1.165, 1.54) is 0 Å². The van der Waals surface area contributed by atoms with E-state index < -0.39 is 0 Å². The molecule has 1 aliphatic heterocycles.